The molecular formula is C50H37NS. The van der Waals surface area contributed by atoms with Crippen LogP contribution < -0.4 is 0 Å². The molecule has 0 unspecified atom stereocenters. The summed E-state index contributed by atoms with van der Waals surface area (Å²) in [5.74, 6) is 0. The minimum absolute atomic E-state index is 1.13. The molecule has 0 fully saturated rings. The van der Waals surface area contributed by atoms with Crippen molar-refractivity contribution in [2.24, 2.45) is 0 Å². The molecular weight excluding hydrogens is 647 g/mol. The summed E-state index contributed by atoms with van der Waals surface area (Å²) in [6.45, 7) is 0. The third kappa shape index (κ3) is 4.94. The van der Waals surface area contributed by atoms with Gasteiger partial charge in [0.15, 0.2) is 0 Å². The predicted molar refractivity (Wildman–Crippen MR) is 224 cm³/mol. The van der Waals surface area contributed by atoms with E-state index in [4.69, 9.17) is 0 Å². The molecule has 0 amide bonds. The first-order chi connectivity index (χ1) is 25.5. The molecule has 1 aliphatic rings. The lowest BCUT2D eigenvalue weighted by Gasteiger charge is -2.28. The van der Waals surface area contributed by atoms with Crippen LogP contribution in [0.15, 0.2) is 198 Å². The van der Waals surface area contributed by atoms with Crippen LogP contribution in [0, 0.1) is 0 Å². The van der Waals surface area contributed by atoms with Gasteiger partial charge in [0.05, 0.1) is 11.0 Å². The molecule has 0 atom stereocenters. The fourth-order valence-corrected chi connectivity index (χ4v) is 10.7. The van der Waals surface area contributed by atoms with Gasteiger partial charge in [-0.05, 0) is 111 Å². The Balaban J connectivity index is 1.13. The van der Waals surface area contributed by atoms with Crippen LogP contribution in [0.5, 0.6) is 0 Å². The van der Waals surface area contributed by atoms with Crippen molar-refractivity contribution in [1.29, 1.82) is 0 Å². The van der Waals surface area contributed by atoms with Gasteiger partial charge in [-0.2, -0.15) is 10.0 Å². The van der Waals surface area contributed by atoms with E-state index in [-0.39, 0.29) is 0 Å². The van der Waals surface area contributed by atoms with E-state index in [2.05, 4.69) is 205 Å². The van der Waals surface area contributed by atoms with E-state index in [9.17, 15) is 0 Å². The zero-order chi connectivity index (χ0) is 34.8. The first-order valence-electron chi connectivity index (χ1n) is 17.9. The smallest absolute Gasteiger partial charge is 0.0541 e. The Morgan fingerprint density at radius 2 is 0.731 bits per heavy atom. The van der Waals surface area contributed by atoms with E-state index >= 15 is 0 Å². The number of hydrogen-bond acceptors (Lipinski definition) is 0. The Morgan fingerprint density at radius 1 is 0.327 bits per heavy atom. The van der Waals surface area contributed by atoms with Crippen molar-refractivity contribution in [2.75, 3.05) is 12.5 Å². The molecule has 0 saturated carbocycles. The van der Waals surface area contributed by atoms with E-state index in [0.717, 1.165) is 0 Å². The Labute approximate surface area is 306 Å². The maximum atomic E-state index is 2.48. The van der Waals surface area contributed by atoms with Gasteiger partial charge in [0.2, 0.25) is 0 Å². The zero-order valence-electron chi connectivity index (χ0n) is 29.3. The van der Waals surface area contributed by atoms with Gasteiger partial charge in [-0.15, -0.1) is 0 Å². The molecule has 8 aromatic carbocycles. The highest BCUT2D eigenvalue weighted by atomic mass is 32.3. The number of nitrogens with zero attached hydrogens (tertiary/aromatic N) is 1. The maximum Gasteiger partial charge on any atom is 0.0541 e. The summed E-state index contributed by atoms with van der Waals surface area (Å²) in [7, 11) is -1.13. The van der Waals surface area contributed by atoms with E-state index in [1.165, 1.54) is 92.9 Å². The molecule has 0 radical (unpaired) electrons. The highest BCUT2D eigenvalue weighted by Gasteiger charge is 2.32. The first kappa shape index (κ1) is 30.7. The van der Waals surface area contributed by atoms with Crippen LogP contribution >= 0.6 is 10.0 Å². The van der Waals surface area contributed by atoms with Crippen LogP contribution in [0.3, 0.4) is 0 Å². The summed E-state index contributed by atoms with van der Waals surface area (Å²) in [5.41, 5.74) is 16.2. The van der Waals surface area contributed by atoms with E-state index in [0.29, 0.717) is 0 Å². The summed E-state index contributed by atoms with van der Waals surface area (Å²) in [4.78, 5) is 2.95. The number of hydrogen-bond donors (Lipinski definition) is 0. The van der Waals surface area contributed by atoms with Crippen molar-refractivity contribution in [3.8, 4) is 61.3 Å². The van der Waals surface area contributed by atoms with Crippen LogP contribution in [0.2, 0.25) is 0 Å². The van der Waals surface area contributed by atoms with Gasteiger partial charge in [-0.25, -0.2) is 0 Å². The number of fused-ring (bicyclic) bond motifs is 6. The van der Waals surface area contributed by atoms with Crippen molar-refractivity contribution < 1.29 is 0 Å². The average Bonchev–Trinajstić information content (AvgIpc) is 3.66. The minimum atomic E-state index is -1.13. The fraction of sp³-hybridized carbons (Fsp3) is 0.0400. The first-order valence-corrected chi connectivity index (χ1v) is 20.4. The molecule has 2 heterocycles. The normalized spacial score (nSPS) is 13.6. The number of rotatable bonds is 5. The lowest BCUT2D eigenvalue weighted by Crippen LogP contribution is -1.97. The summed E-state index contributed by atoms with van der Waals surface area (Å²) >= 11 is 0. The summed E-state index contributed by atoms with van der Waals surface area (Å²) in [5, 5.41) is 2.52. The second kappa shape index (κ2) is 12.0. The summed E-state index contributed by atoms with van der Waals surface area (Å²) < 4.78 is 2.48. The molecule has 0 spiro atoms. The standard InChI is InChI=1S/C50H37NS/c1-52(2)49-16-10-9-15-43(49)44-28-27-42(33-50(44)52)51-47-29-25-40(38-21-17-36(18-22-38)34-11-5-3-6-12-34)31-45(47)46-32-41(26-30-48(46)51)39-23-19-37(20-24-39)35-13-7-4-8-14-35/h3-33H,1-2H3. The van der Waals surface area contributed by atoms with Gasteiger partial charge in [-0.1, -0.05) is 146 Å². The van der Waals surface area contributed by atoms with E-state index in [1.807, 2.05) is 0 Å². The van der Waals surface area contributed by atoms with Crippen LogP contribution in [0.1, 0.15) is 0 Å². The highest BCUT2D eigenvalue weighted by molar-refractivity contribution is 8.33. The van der Waals surface area contributed by atoms with Crippen molar-refractivity contribution >= 4 is 31.8 Å². The Morgan fingerprint density at radius 3 is 1.25 bits per heavy atom. The predicted octanol–water partition coefficient (Wildman–Crippen LogP) is 13.9. The topological polar surface area (TPSA) is 4.93 Å². The molecule has 10 rings (SSSR count). The second-order valence-corrected chi connectivity index (χ2v) is 17.7. The quantitative estimate of drug-likeness (QED) is 0.170. The summed E-state index contributed by atoms with van der Waals surface area (Å²) in [6, 6.07) is 69.3. The van der Waals surface area contributed by atoms with Gasteiger partial charge in [0.1, 0.15) is 0 Å². The minimum Gasteiger partial charge on any atom is -0.309 e. The zero-order valence-corrected chi connectivity index (χ0v) is 30.1. The lowest BCUT2D eigenvalue weighted by atomic mass is 9.97. The third-order valence-corrected chi connectivity index (χ3v) is 13.8. The molecule has 0 saturated heterocycles. The largest absolute Gasteiger partial charge is 0.309 e. The molecule has 0 N–H and O–H groups in total. The molecule has 0 aliphatic carbocycles. The van der Waals surface area contributed by atoms with Gasteiger partial charge >= 0.3 is 0 Å². The second-order valence-electron chi connectivity index (χ2n) is 14.2. The van der Waals surface area contributed by atoms with Crippen LogP contribution in [-0.2, 0) is 0 Å². The van der Waals surface area contributed by atoms with Crippen molar-refractivity contribution in [3.05, 3.63) is 188 Å². The average molecular weight is 684 g/mol. The van der Waals surface area contributed by atoms with Crippen LogP contribution in [-0.4, -0.2) is 17.1 Å². The Hall–Kier alpha value is -6.09. The third-order valence-electron chi connectivity index (χ3n) is 10.9. The summed E-state index contributed by atoms with van der Waals surface area (Å²) in [6.07, 6.45) is 4.88. The lowest BCUT2D eigenvalue weighted by molar-refractivity contribution is 1.16. The highest BCUT2D eigenvalue weighted by Crippen LogP contribution is 2.67. The van der Waals surface area contributed by atoms with Crippen LogP contribution in [0.4, 0.5) is 0 Å². The number of aromatic nitrogens is 1. The molecule has 1 nitrogen and oxygen atoms in total. The van der Waals surface area contributed by atoms with Crippen molar-refractivity contribution in [3.63, 3.8) is 0 Å². The van der Waals surface area contributed by atoms with Crippen molar-refractivity contribution in [1.82, 2.24) is 4.57 Å². The van der Waals surface area contributed by atoms with Gasteiger partial charge in [0, 0.05) is 26.3 Å². The van der Waals surface area contributed by atoms with Crippen molar-refractivity contribution in [2.45, 2.75) is 9.79 Å². The molecule has 1 aromatic heterocycles. The number of benzene rings is 8. The van der Waals surface area contributed by atoms with Crippen LogP contribution in [0.25, 0.3) is 83.1 Å². The Bertz CT molecular complexity index is 2630. The molecule has 52 heavy (non-hydrogen) atoms. The fourth-order valence-electron chi connectivity index (χ4n) is 8.18. The molecule has 2 heteroatoms. The molecule has 248 valence electrons. The molecule has 0 bridgehead atoms. The van der Waals surface area contributed by atoms with Gasteiger partial charge < -0.3 is 4.57 Å². The maximum absolute atomic E-state index is 2.48. The molecule has 9 aromatic rings. The van der Waals surface area contributed by atoms with Gasteiger partial charge in [0.25, 0.3) is 0 Å². The monoisotopic (exact) mass is 683 g/mol. The Kier molecular flexibility index (Phi) is 7.09. The SMILES string of the molecule is CS1(C)c2ccccc2-c2ccc(-n3c4ccc(-c5ccc(-c6ccccc6)cc5)cc4c4cc(-c5ccc(-c6ccccc6)cc5)ccc43)cc21. The molecule has 1 aliphatic heterocycles. The van der Waals surface area contributed by atoms with E-state index in [1.54, 1.807) is 0 Å². The van der Waals surface area contributed by atoms with Gasteiger partial charge in [-0.3, -0.25) is 0 Å². The van der Waals surface area contributed by atoms with E-state index < -0.39 is 10.0 Å².